The topological polar surface area (TPSA) is 124 Å². The molecule has 0 bridgehead atoms. The van der Waals surface area contributed by atoms with Gasteiger partial charge in [-0.25, -0.2) is 10.5 Å². The van der Waals surface area contributed by atoms with Gasteiger partial charge in [-0.1, -0.05) is 23.7 Å². The summed E-state index contributed by atoms with van der Waals surface area (Å²) in [6.45, 7) is 0. The first kappa shape index (κ1) is 23.6. The highest BCUT2D eigenvalue weighted by Crippen LogP contribution is 2.47. The molecule has 1 amide bonds. The van der Waals surface area contributed by atoms with Gasteiger partial charge in [-0.3, -0.25) is 14.2 Å². The lowest BCUT2D eigenvalue weighted by atomic mass is 10.2. The third-order valence-electron chi connectivity index (χ3n) is 4.27. The number of nitrogens with one attached hydrogen (secondary N) is 3. The molecule has 10 nitrogen and oxygen atoms in total. The van der Waals surface area contributed by atoms with E-state index in [1.165, 1.54) is 27.5 Å². The number of carbonyl (C=O) groups is 1. The van der Waals surface area contributed by atoms with Crippen LogP contribution in [0.2, 0.25) is 5.02 Å². The van der Waals surface area contributed by atoms with E-state index >= 15 is 0 Å². The Morgan fingerprint density at radius 2 is 1.69 bits per heavy atom. The number of hydroxylamine groups is 1. The molecule has 0 saturated carbocycles. The van der Waals surface area contributed by atoms with Crippen LogP contribution in [0.25, 0.3) is 0 Å². The molecular formula is C20H21ClN5O5P. The van der Waals surface area contributed by atoms with Crippen molar-refractivity contribution >= 4 is 53.5 Å². The summed E-state index contributed by atoms with van der Waals surface area (Å²) in [5, 5.41) is 6.68. The fourth-order valence-electron chi connectivity index (χ4n) is 2.72. The number of rotatable bonds is 9. The molecule has 1 heterocycles. The molecule has 0 unspecified atom stereocenters. The van der Waals surface area contributed by atoms with E-state index in [9.17, 15) is 9.36 Å². The maximum absolute atomic E-state index is 12.9. The fourth-order valence-corrected chi connectivity index (χ4v) is 4.09. The molecule has 0 aliphatic rings. The van der Waals surface area contributed by atoms with Crippen molar-refractivity contribution in [2.75, 3.05) is 32.0 Å². The van der Waals surface area contributed by atoms with Gasteiger partial charge in [0.25, 0.3) is 5.91 Å². The minimum atomic E-state index is -3.51. The van der Waals surface area contributed by atoms with Gasteiger partial charge in [0.2, 0.25) is 5.95 Å². The summed E-state index contributed by atoms with van der Waals surface area (Å²) in [5.74, 6) is 0.174. The molecule has 3 aromatic rings. The lowest BCUT2D eigenvalue weighted by Gasteiger charge is -2.18. The van der Waals surface area contributed by atoms with Crippen LogP contribution in [0.3, 0.4) is 0 Å². The minimum Gasteiger partial charge on any atom is -0.338 e. The molecule has 32 heavy (non-hydrogen) atoms. The number of amides is 1. The van der Waals surface area contributed by atoms with Crippen LogP contribution in [0.15, 0.2) is 54.7 Å². The van der Waals surface area contributed by atoms with Crippen molar-refractivity contribution in [2.24, 2.45) is 0 Å². The van der Waals surface area contributed by atoms with Crippen molar-refractivity contribution in [3.8, 4) is 0 Å². The van der Waals surface area contributed by atoms with E-state index in [-0.39, 0.29) is 22.7 Å². The summed E-state index contributed by atoms with van der Waals surface area (Å²) in [5.41, 5.74) is 3.78. The average Bonchev–Trinajstić information content (AvgIpc) is 2.81. The first-order valence-corrected chi connectivity index (χ1v) is 11.1. The molecule has 0 fully saturated rings. The zero-order valence-corrected chi connectivity index (χ0v) is 19.1. The smallest absolute Gasteiger partial charge is 0.338 e. The first-order chi connectivity index (χ1) is 15.4. The molecule has 1 aromatic heterocycles. The van der Waals surface area contributed by atoms with Gasteiger partial charge in [-0.05, 0) is 36.4 Å². The monoisotopic (exact) mass is 477 g/mol. The predicted octanol–water partition coefficient (Wildman–Crippen LogP) is 4.02. The summed E-state index contributed by atoms with van der Waals surface area (Å²) in [7, 11) is 0.467. The molecule has 0 saturated heterocycles. The van der Waals surface area contributed by atoms with E-state index in [4.69, 9.17) is 20.6 Å². The van der Waals surface area contributed by atoms with Crippen LogP contribution in [0.4, 0.5) is 23.1 Å². The maximum Gasteiger partial charge on any atom is 0.362 e. The van der Waals surface area contributed by atoms with Gasteiger partial charge in [0.15, 0.2) is 5.82 Å². The van der Waals surface area contributed by atoms with E-state index in [2.05, 4.69) is 30.9 Å². The van der Waals surface area contributed by atoms with E-state index < -0.39 is 7.60 Å². The fraction of sp³-hybridized carbons (Fsp3) is 0.150. The molecule has 3 N–H and O–H groups in total. The van der Waals surface area contributed by atoms with E-state index in [0.29, 0.717) is 22.2 Å². The normalized spacial score (nSPS) is 11.1. The van der Waals surface area contributed by atoms with Crippen LogP contribution in [-0.4, -0.2) is 37.2 Å². The number of carbonyl (C=O) groups excluding carboxylic acids is 1. The van der Waals surface area contributed by atoms with Crippen LogP contribution >= 0.6 is 19.2 Å². The number of para-hydroxylation sites is 1. The predicted molar refractivity (Wildman–Crippen MR) is 122 cm³/mol. The third-order valence-corrected chi connectivity index (χ3v) is 6.49. The van der Waals surface area contributed by atoms with Gasteiger partial charge >= 0.3 is 7.60 Å². The molecule has 0 spiro atoms. The Bertz CT molecular complexity index is 1140. The highest BCUT2D eigenvalue weighted by atomic mass is 35.5. The number of benzene rings is 2. The number of hydrogen-bond donors (Lipinski definition) is 3. The zero-order valence-electron chi connectivity index (χ0n) is 17.5. The summed E-state index contributed by atoms with van der Waals surface area (Å²) in [4.78, 5) is 24.9. The third kappa shape index (κ3) is 5.42. The van der Waals surface area contributed by atoms with Gasteiger partial charge in [0, 0.05) is 25.5 Å². The second-order valence-electron chi connectivity index (χ2n) is 6.23. The van der Waals surface area contributed by atoms with Crippen LogP contribution in [0, 0.1) is 0 Å². The van der Waals surface area contributed by atoms with Crippen molar-refractivity contribution in [1.29, 1.82) is 0 Å². The maximum atomic E-state index is 12.9. The SMILES string of the molecule is CONC(=O)c1ccc(Nc2ncc(Cl)c(Nc3ccccc3P(=O)(OC)OC)n2)cc1. The molecular weight excluding hydrogens is 457 g/mol. The Morgan fingerprint density at radius 1 is 1.00 bits per heavy atom. The Hall–Kier alpha value is -3.01. The molecule has 168 valence electrons. The number of aromatic nitrogens is 2. The van der Waals surface area contributed by atoms with Crippen LogP contribution < -0.4 is 21.4 Å². The minimum absolute atomic E-state index is 0.251. The standard InChI is InChI=1S/C20H21ClN5O5P/c1-29-26-19(27)13-8-10-14(11-9-13)23-20-22-12-15(21)18(25-20)24-16-6-4-5-7-17(16)32(28,30-2)31-3/h4-12H,1-3H3,(H,26,27)(H2,22,23,24,25). The number of hydrogen-bond acceptors (Lipinski definition) is 9. The Kier molecular flexibility index (Phi) is 7.79. The highest BCUT2D eigenvalue weighted by molar-refractivity contribution is 7.62. The number of anilines is 4. The Labute approximate surface area is 189 Å². The second-order valence-corrected chi connectivity index (χ2v) is 8.85. The number of halogens is 1. The van der Waals surface area contributed by atoms with Gasteiger partial charge in [0.1, 0.15) is 5.02 Å². The van der Waals surface area contributed by atoms with Crippen LogP contribution in [-0.2, 0) is 18.5 Å². The van der Waals surface area contributed by atoms with Gasteiger partial charge in [-0.2, -0.15) is 4.98 Å². The zero-order chi connectivity index (χ0) is 23.1. The summed E-state index contributed by atoms with van der Waals surface area (Å²) >= 11 is 6.27. The molecule has 2 aromatic carbocycles. The van der Waals surface area contributed by atoms with Gasteiger partial charge in [-0.15, -0.1) is 0 Å². The van der Waals surface area contributed by atoms with E-state index in [0.717, 1.165) is 0 Å². The van der Waals surface area contributed by atoms with Crippen LogP contribution in [0.5, 0.6) is 0 Å². The molecule has 0 aliphatic carbocycles. The largest absolute Gasteiger partial charge is 0.362 e. The summed E-state index contributed by atoms with van der Waals surface area (Å²) < 4.78 is 23.1. The lowest BCUT2D eigenvalue weighted by Crippen LogP contribution is -2.21. The highest BCUT2D eigenvalue weighted by Gasteiger charge is 2.28. The average molecular weight is 478 g/mol. The van der Waals surface area contributed by atoms with Crippen molar-refractivity contribution < 1.29 is 23.2 Å². The van der Waals surface area contributed by atoms with Gasteiger partial charge < -0.3 is 19.7 Å². The molecule has 0 aliphatic heterocycles. The summed E-state index contributed by atoms with van der Waals surface area (Å²) in [6, 6.07) is 13.4. The van der Waals surface area contributed by atoms with Crippen molar-refractivity contribution in [2.45, 2.75) is 0 Å². The first-order valence-electron chi connectivity index (χ1n) is 9.21. The molecule has 0 atom stereocenters. The molecule has 3 rings (SSSR count). The van der Waals surface area contributed by atoms with E-state index in [1.54, 1.807) is 48.5 Å². The van der Waals surface area contributed by atoms with Crippen molar-refractivity contribution in [3.05, 3.63) is 65.3 Å². The molecule has 0 radical (unpaired) electrons. The van der Waals surface area contributed by atoms with Crippen LogP contribution in [0.1, 0.15) is 10.4 Å². The van der Waals surface area contributed by atoms with Crippen molar-refractivity contribution in [1.82, 2.24) is 15.4 Å². The number of nitrogens with zero attached hydrogens (tertiary/aromatic N) is 2. The van der Waals surface area contributed by atoms with Crippen molar-refractivity contribution in [3.63, 3.8) is 0 Å². The summed E-state index contributed by atoms with van der Waals surface area (Å²) in [6.07, 6.45) is 1.43. The van der Waals surface area contributed by atoms with Gasteiger partial charge in [0.05, 0.1) is 24.3 Å². The quantitative estimate of drug-likeness (QED) is 0.309. The lowest BCUT2D eigenvalue weighted by molar-refractivity contribution is 0.0537. The second kappa shape index (κ2) is 10.5. The Morgan fingerprint density at radius 3 is 2.34 bits per heavy atom. The Balaban J connectivity index is 1.83. The van der Waals surface area contributed by atoms with E-state index in [1.807, 2.05) is 0 Å². The molecule has 12 heteroatoms.